The molecule has 1 amide bonds. The van der Waals surface area contributed by atoms with Crippen LogP contribution in [-0.4, -0.2) is 59.7 Å². The Morgan fingerprint density at radius 3 is 2.54 bits per heavy atom. The highest BCUT2D eigenvalue weighted by atomic mass is 19.1. The molecular weight excluding hydrogens is 452 g/mol. The SMILES string of the molecule is CC(Nc1cc(F)cc(F)c1)c1cc(C(=O)N2CCC[C@H]2C)cc2ncc(N3CCOCC3)nc12. The van der Waals surface area contributed by atoms with Crippen LogP contribution in [0.5, 0.6) is 0 Å². The highest BCUT2D eigenvalue weighted by Crippen LogP contribution is 2.30. The Morgan fingerprint density at radius 2 is 1.86 bits per heavy atom. The van der Waals surface area contributed by atoms with Crippen LogP contribution in [0.1, 0.15) is 48.7 Å². The van der Waals surface area contributed by atoms with Crippen molar-refractivity contribution in [2.75, 3.05) is 43.1 Å². The molecule has 2 aliphatic heterocycles. The van der Waals surface area contributed by atoms with Gasteiger partial charge in [0, 0.05) is 48.6 Å². The Morgan fingerprint density at radius 1 is 1.11 bits per heavy atom. The number of amides is 1. The van der Waals surface area contributed by atoms with Gasteiger partial charge in [-0.3, -0.25) is 9.78 Å². The summed E-state index contributed by atoms with van der Waals surface area (Å²) in [6.45, 7) is 7.35. The minimum absolute atomic E-state index is 0.0406. The van der Waals surface area contributed by atoms with Crippen molar-refractivity contribution in [3.05, 3.63) is 59.3 Å². The predicted molar refractivity (Wildman–Crippen MR) is 131 cm³/mol. The van der Waals surface area contributed by atoms with Crippen LogP contribution < -0.4 is 10.2 Å². The van der Waals surface area contributed by atoms with Crippen molar-refractivity contribution >= 4 is 28.4 Å². The van der Waals surface area contributed by atoms with Crippen molar-refractivity contribution in [3.8, 4) is 0 Å². The number of anilines is 2. The van der Waals surface area contributed by atoms with E-state index < -0.39 is 17.7 Å². The molecule has 2 saturated heterocycles. The molecule has 7 nitrogen and oxygen atoms in total. The van der Waals surface area contributed by atoms with E-state index in [9.17, 15) is 13.6 Å². The van der Waals surface area contributed by atoms with E-state index in [0.717, 1.165) is 49.9 Å². The second-order valence-corrected chi connectivity index (χ2v) is 9.27. The van der Waals surface area contributed by atoms with Crippen LogP contribution in [0.2, 0.25) is 0 Å². The number of nitrogens with one attached hydrogen (secondary N) is 1. The number of fused-ring (bicyclic) bond motifs is 1. The summed E-state index contributed by atoms with van der Waals surface area (Å²) in [5, 5.41) is 3.17. The summed E-state index contributed by atoms with van der Waals surface area (Å²) in [6.07, 6.45) is 3.70. The van der Waals surface area contributed by atoms with Gasteiger partial charge in [0.15, 0.2) is 0 Å². The molecule has 1 N–H and O–H groups in total. The van der Waals surface area contributed by atoms with E-state index in [-0.39, 0.29) is 11.9 Å². The maximum absolute atomic E-state index is 13.8. The van der Waals surface area contributed by atoms with Gasteiger partial charge in [-0.25, -0.2) is 13.8 Å². The molecule has 1 aromatic heterocycles. The fraction of sp³-hybridized carbons (Fsp3) is 0.423. The minimum atomic E-state index is -0.661. The second-order valence-electron chi connectivity index (χ2n) is 9.27. The lowest BCUT2D eigenvalue weighted by Crippen LogP contribution is -2.36. The minimum Gasteiger partial charge on any atom is -0.378 e. The summed E-state index contributed by atoms with van der Waals surface area (Å²) < 4.78 is 33.1. The van der Waals surface area contributed by atoms with Gasteiger partial charge in [-0.2, -0.15) is 0 Å². The Labute approximate surface area is 203 Å². The van der Waals surface area contributed by atoms with Gasteiger partial charge in [0.25, 0.3) is 5.91 Å². The lowest BCUT2D eigenvalue weighted by atomic mass is 10.0. The molecule has 1 unspecified atom stereocenters. The average Bonchev–Trinajstić information content (AvgIpc) is 3.28. The van der Waals surface area contributed by atoms with Crippen LogP contribution >= 0.6 is 0 Å². The number of benzene rings is 2. The molecule has 0 radical (unpaired) electrons. The molecule has 2 aliphatic rings. The molecule has 0 spiro atoms. The highest BCUT2D eigenvalue weighted by Gasteiger charge is 2.27. The molecule has 2 atom stereocenters. The van der Waals surface area contributed by atoms with E-state index in [2.05, 4.69) is 22.1 Å². The number of ether oxygens (including phenoxy) is 1. The van der Waals surface area contributed by atoms with Crippen molar-refractivity contribution in [1.29, 1.82) is 0 Å². The summed E-state index contributed by atoms with van der Waals surface area (Å²) in [4.78, 5) is 26.9. The van der Waals surface area contributed by atoms with E-state index >= 15 is 0 Å². The monoisotopic (exact) mass is 481 g/mol. The quantitative estimate of drug-likeness (QED) is 0.577. The maximum Gasteiger partial charge on any atom is 0.254 e. The number of carbonyl (C=O) groups is 1. The van der Waals surface area contributed by atoms with Crippen LogP contribution in [0.4, 0.5) is 20.3 Å². The Hall–Kier alpha value is -3.33. The first-order valence-electron chi connectivity index (χ1n) is 12.1. The molecular formula is C26H29F2N5O2. The lowest BCUT2D eigenvalue weighted by Gasteiger charge is -2.28. The molecule has 35 heavy (non-hydrogen) atoms. The van der Waals surface area contributed by atoms with E-state index in [0.29, 0.717) is 35.5 Å². The van der Waals surface area contributed by atoms with Gasteiger partial charge in [-0.1, -0.05) is 0 Å². The van der Waals surface area contributed by atoms with Gasteiger partial charge in [-0.15, -0.1) is 0 Å². The van der Waals surface area contributed by atoms with Crippen LogP contribution in [0.3, 0.4) is 0 Å². The summed E-state index contributed by atoms with van der Waals surface area (Å²) >= 11 is 0. The zero-order valence-electron chi connectivity index (χ0n) is 19.9. The molecule has 0 bridgehead atoms. The first kappa shape index (κ1) is 23.4. The number of nitrogens with zero attached hydrogens (tertiary/aromatic N) is 4. The van der Waals surface area contributed by atoms with Crippen LogP contribution in [0.25, 0.3) is 11.0 Å². The summed E-state index contributed by atoms with van der Waals surface area (Å²) in [7, 11) is 0. The van der Waals surface area contributed by atoms with Gasteiger partial charge in [-0.05, 0) is 51.0 Å². The number of halogens is 2. The number of aromatic nitrogens is 2. The fourth-order valence-corrected chi connectivity index (χ4v) is 4.90. The van der Waals surface area contributed by atoms with Crippen molar-refractivity contribution in [3.63, 3.8) is 0 Å². The highest BCUT2D eigenvalue weighted by molar-refractivity contribution is 5.98. The third-order valence-corrected chi connectivity index (χ3v) is 6.77. The standard InChI is InChI=1S/C26H29F2N5O2/c1-16-4-3-5-33(16)26(34)18-10-22(17(2)30-21-13-19(27)12-20(28)14-21)25-23(11-18)29-15-24(31-25)32-6-8-35-9-7-32/h10-17,30H,3-9H2,1-2H3/t16-,17?/m1/s1. The summed E-state index contributed by atoms with van der Waals surface area (Å²) in [5.41, 5.74) is 2.84. The van der Waals surface area contributed by atoms with Crippen molar-refractivity contribution in [1.82, 2.24) is 14.9 Å². The number of hydrogen-bond donors (Lipinski definition) is 1. The number of likely N-dealkylation sites (tertiary alicyclic amines) is 1. The molecule has 5 rings (SSSR count). The number of morpholine rings is 1. The topological polar surface area (TPSA) is 70.6 Å². The molecule has 2 aromatic carbocycles. The normalized spacial score (nSPS) is 19.3. The van der Waals surface area contributed by atoms with Crippen molar-refractivity contribution in [2.45, 2.75) is 38.8 Å². The molecule has 0 saturated carbocycles. The van der Waals surface area contributed by atoms with Gasteiger partial charge in [0.1, 0.15) is 17.5 Å². The zero-order valence-corrected chi connectivity index (χ0v) is 19.9. The van der Waals surface area contributed by atoms with E-state index in [1.54, 1.807) is 12.3 Å². The smallest absolute Gasteiger partial charge is 0.254 e. The van der Waals surface area contributed by atoms with Gasteiger partial charge < -0.3 is 19.9 Å². The Balaban J connectivity index is 1.56. The molecule has 2 fully saturated rings. The lowest BCUT2D eigenvalue weighted by molar-refractivity contribution is 0.0747. The second kappa shape index (κ2) is 9.73. The first-order chi connectivity index (χ1) is 16.9. The average molecular weight is 482 g/mol. The van der Waals surface area contributed by atoms with Gasteiger partial charge in [0.2, 0.25) is 0 Å². The van der Waals surface area contributed by atoms with E-state index in [1.807, 2.05) is 17.9 Å². The van der Waals surface area contributed by atoms with E-state index in [1.165, 1.54) is 12.1 Å². The maximum atomic E-state index is 13.8. The van der Waals surface area contributed by atoms with E-state index in [4.69, 9.17) is 9.72 Å². The molecule has 0 aliphatic carbocycles. The summed E-state index contributed by atoms with van der Waals surface area (Å²) in [5.74, 6) is -0.628. The first-order valence-corrected chi connectivity index (χ1v) is 12.1. The number of hydrogen-bond acceptors (Lipinski definition) is 6. The molecule has 9 heteroatoms. The molecule has 184 valence electrons. The van der Waals surface area contributed by atoms with Gasteiger partial charge in [0.05, 0.1) is 36.5 Å². The fourth-order valence-electron chi connectivity index (χ4n) is 4.90. The zero-order chi connectivity index (χ0) is 24.5. The number of carbonyl (C=O) groups excluding carboxylic acids is 1. The van der Waals surface area contributed by atoms with Crippen LogP contribution in [-0.2, 0) is 4.74 Å². The Bertz CT molecular complexity index is 1230. The third kappa shape index (κ3) is 4.91. The number of rotatable bonds is 5. The van der Waals surface area contributed by atoms with Crippen LogP contribution in [0.15, 0.2) is 36.5 Å². The third-order valence-electron chi connectivity index (χ3n) is 6.77. The largest absolute Gasteiger partial charge is 0.378 e. The summed E-state index contributed by atoms with van der Waals surface area (Å²) in [6, 6.07) is 6.74. The van der Waals surface area contributed by atoms with Crippen molar-refractivity contribution in [2.24, 2.45) is 0 Å². The predicted octanol–water partition coefficient (Wildman–Crippen LogP) is 4.54. The Kier molecular flexibility index (Phi) is 6.51. The molecule has 3 heterocycles. The van der Waals surface area contributed by atoms with Gasteiger partial charge >= 0.3 is 0 Å². The van der Waals surface area contributed by atoms with Crippen molar-refractivity contribution < 1.29 is 18.3 Å². The molecule has 3 aromatic rings. The van der Waals surface area contributed by atoms with Crippen LogP contribution in [0, 0.1) is 11.6 Å².